The van der Waals surface area contributed by atoms with E-state index in [0.717, 1.165) is 85.6 Å². The van der Waals surface area contributed by atoms with Crippen molar-refractivity contribution >= 4 is 17.4 Å². The van der Waals surface area contributed by atoms with Crippen LogP contribution in [0, 0.1) is 19.8 Å². The van der Waals surface area contributed by atoms with E-state index in [4.69, 9.17) is 9.97 Å². The van der Waals surface area contributed by atoms with Crippen molar-refractivity contribution in [2.75, 3.05) is 18.0 Å². The first kappa shape index (κ1) is 24.4. The summed E-state index contributed by atoms with van der Waals surface area (Å²) >= 11 is 0. The summed E-state index contributed by atoms with van der Waals surface area (Å²) < 4.78 is 0. The van der Waals surface area contributed by atoms with Crippen LogP contribution in [0.3, 0.4) is 0 Å². The lowest BCUT2D eigenvalue weighted by molar-refractivity contribution is -0.122. The summed E-state index contributed by atoms with van der Waals surface area (Å²) in [6.45, 7) is 6.14. The van der Waals surface area contributed by atoms with Crippen LogP contribution in [0.25, 0.3) is 22.5 Å². The van der Waals surface area contributed by atoms with E-state index in [1.807, 2.05) is 0 Å². The lowest BCUT2D eigenvalue weighted by Gasteiger charge is -2.30. The molecule has 5 rings (SSSR count). The van der Waals surface area contributed by atoms with Gasteiger partial charge in [-0.05, 0) is 39.5 Å². The van der Waals surface area contributed by atoms with Gasteiger partial charge in [-0.15, -0.1) is 0 Å². The maximum absolute atomic E-state index is 11.9. The van der Waals surface area contributed by atoms with Crippen LogP contribution in [0.15, 0.2) is 48.5 Å². The molecule has 1 fully saturated rings. The number of rotatable bonds is 8. The van der Waals surface area contributed by atoms with Gasteiger partial charge >= 0.3 is 0 Å². The summed E-state index contributed by atoms with van der Waals surface area (Å²) in [6.07, 6.45) is 6.59. The van der Waals surface area contributed by atoms with Crippen LogP contribution in [0.2, 0.25) is 0 Å². The van der Waals surface area contributed by atoms with Crippen LogP contribution in [-0.2, 0) is 16.0 Å². The first-order valence-corrected chi connectivity index (χ1v) is 13.3. The first-order valence-electron chi connectivity index (χ1n) is 13.3. The van der Waals surface area contributed by atoms with Gasteiger partial charge in [0.2, 0.25) is 0 Å². The fourth-order valence-electron chi connectivity index (χ4n) is 5.40. The second-order valence-electron chi connectivity index (χ2n) is 10.4. The van der Waals surface area contributed by atoms with Crippen LogP contribution >= 0.6 is 0 Å². The van der Waals surface area contributed by atoms with Gasteiger partial charge < -0.3 is 4.90 Å². The second kappa shape index (κ2) is 10.7. The number of benzene rings is 2. The van der Waals surface area contributed by atoms with E-state index < -0.39 is 0 Å². The van der Waals surface area contributed by atoms with Gasteiger partial charge in [0.25, 0.3) is 0 Å². The lowest BCUT2D eigenvalue weighted by Crippen LogP contribution is -2.32. The number of nitrogens with zero attached hydrogens (tertiary/aromatic N) is 3. The molecule has 1 aromatic heterocycles. The first-order chi connectivity index (χ1) is 17.5. The highest BCUT2D eigenvalue weighted by Crippen LogP contribution is 2.35. The third-order valence-corrected chi connectivity index (χ3v) is 7.52. The molecule has 186 valence electrons. The third-order valence-electron chi connectivity index (χ3n) is 7.52. The van der Waals surface area contributed by atoms with Crippen LogP contribution in [0.5, 0.6) is 0 Å². The Morgan fingerprint density at radius 3 is 2.08 bits per heavy atom. The Morgan fingerprint density at radius 1 is 0.833 bits per heavy atom. The highest BCUT2D eigenvalue weighted by atomic mass is 16.2. The van der Waals surface area contributed by atoms with Crippen molar-refractivity contribution in [2.24, 2.45) is 5.92 Å². The zero-order chi connectivity index (χ0) is 25.1. The van der Waals surface area contributed by atoms with Gasteiger partial charge in [0.05, 0.1) is 23.5 Å². The number of carbonyl (C=O) groups excluding carboxylic acids is 2. The summed E-state index contributed by atoms with van der Waals surface area (Å²) in [7, 11) is 0. The van der Waals surface area contributed by atoms with Crippen molar-refractivity contribution < 1.29 is 9.59 Å². The second-order valence-corrected chi connectivity index (χ2v) is 10.4. The fourth-order valence-corrected chi connectivity index (χ4v) is 5.40. The van der Waals surface area contributed by atoms with Gasteiger partial charge in [-0.2, -0.15) is 0 Å². The lowest BCUT2D eigenvalue weighted by atomic mass is 9.98. The van der Waals surface area contributed by atoms with Gasteiger partial charge in [-0.3, -0.25) is 9.59 Å². The molecule has 0 amide bonds. The number of hydrogen-bond acceptors (Lipinski definition) is 5. The van der Waals surface area contributed by atoms with E-state index >= 15 is 0 Å². The molecule has 1 saturated carbocycles. The standard InChI is InChI=1S/C31H35N3O2/c1-21-9-13-23(14-10-21)29-30(24-15-11-22(2)12-16-24)33-31-27(32-29)8-6-18-34(31)17-5-3-4-7-25-19-26(35)20-28(25)36/h9-16,25H,3-8,17-20H2,1-2H3. The molecule has 0 bridgehead atoms. The Kier molecular flexibility index (Phi) is 7.26. The fraction of sp³-hybridized carbons (Fsp3) is 0.419. The van der Waals surface area contributed by atoms with Gasteiger partial charge in [-0.25, -0.2) is 9.97 Å². The molecule has 1 unspecified atom stereocenters. The minimum atomic E-state index is -0.0312. The van der Waals surface area contributed by atoms with Crippen LogP contribution in [0.1, 0.15) is 61.8 Å². The van der Waals surface area contributed by atoms with Crippen molar-refractivity contribution in [3.05, 3.63) is 65.4 Å². The minimum absolute atomic E-state index is 0.0312. The predicted octanol–water partition coefficient (Wildman–Crippen LogP) is 6.29. The maximum atomic E-state index is 11.9. The molecular weight excluding hydrogens is 446 g/mol. The topological polar surface area (TPSA) is 63.2 Å². The molecule has 0 saturated heterocycles. The van der Waals surface area contributed by atoms with Gasteiger partial charge in [0.15, 0.2) is 5.82 Å². The molecule has 1 atom stereocenters. The molecule has 3 aromatic rings. The molecule has 2 heterocycles. The number of hydrogen-bond donors (Lipinski definition) is 0. The smallest absolute Gasteiger partial charge is 0.151 e. The Morgan fingerprint density at radius 2 is 1.47 bits per heavy atom. The predicted molar refractivity (Wildman–Crippen MR) is 144 cm³/mol. The molecule has 36 heavy (non-hydrogen) atoms. The monoisotopic (exact) mass is 481 g/mol. The van der Waals surface area contributed by atoms with Gasteiger partial charge in [0.1, 0.15) is 11.6 Å². The molecule has 5 nitrogen and oxygen atoms in total. The number of fused-ring (bicyclic) bond motifs is 1. The molecular formula is C31H35N3O2. The maximum Gasteiger partial charge on any atom is 0.151 e. The summed E-state index contributed by atoms with van der Waals surface area (Å²) in [5.74, 6) is 1.25. The van der Waals surface area contributed by atoms with E-state index in [2.05, 4.69) is 67.3 Å². The Labute approximate surface area is 214 Å². The summed E-state index contributed by atoms with van der Waals surface area (Å²) in [6, 6.07) is 17.1. The average Bonchev–Trinajstić information content (AvgIpc) is 3.20. The van der Waals surface area contributed by atoms with Gasteiger partial charge in [0, 0.05) is 36.6 Å². The molecule has 0 N–H and O–H groups in total. The SMILES string of the molecule is Cc1ccc(-c2nc3c(nc2-c2ccc(C)cc2)N(CCCCCC2CC(=O)CC2=O)CCC3)cc1. The number of anilines is 1. The van der Waals surface area contributed by atoms with E-state index in [1.165, 1.54) is 11.1 Å². The Bertz CT molecular complexity index is 1250. The van der Waals surface area contributed by atoms with Crippen molar-refractivity contribution in [2.45, 2.75) is 65.2 Å². The molecule has 0 spiro atoms. The summed E-state index contributed by atoms with van der Waals surface area (Å²) in [5, 5.41) is 0. The summed E-state index contributed by atoms with van der Waals surface area (Å²) in [5.41, 5.74) is 7.63. The van der Waals surface area contributed by atoms with Gasteiger partial charge in [-0.1, -0.05) is 72.5 Å². The highest BCUT2D eigenvalue weighted by molar-refractivity contribution is 6.06. The van der Waals surface area contributed by atoms with E-state index in [0.29, 0.717) is 6.42 Å². The van der Waals surface area contributed by atoms with Crippen molar-refractivity contribution in [1.29, 1.82) is 0 Å². The van der Waals surface area contributed by atoms with Crippen LogP contribution in [0.4, 0.5) is 5.82 Å². The zero-order valence-corrected chi connectivity index (χ0v) is 21.4. The number of Topliss-reactive ketones (excluding diaryl/α,β-unsaturated/α-hetero) is 2. The number of aryl methyl sites for hydroxylation is 3. The molecule has 0 radical (unpaired) electrons. The van der Waals surface area contributed by atoms with Crippen LogP contribution < -0.4 is 4.90 Å². The number of unbranched alkanes of at least 4 members (excludes halogenated alkanes) is 2. The minimum Gasteiger partial charge on any atom is -0.355 e. The average molecular weight is 482 g/mol. The number of carbonyl (C=O) groups is 2. The molecule has 1 aliphatic heterocycles. The Balaban J connectivity index is 1.35. The van der Waals surface area contributed by atoms with Crippen molar-refractivity contribution in [3.63, 3.8) is 0 Å². The molecule has 1 aliphatic carbocycles. The van der Waals surface area contributed by atoms with E-state index in [9.17, 15) is 9.59 Å². The van der Waals surface area contributed by atoms with Crippen LogP contribution in [-0.4, -0.2) is 34.6 Å². The Hall–Kier alpha value is -3.34. The molecule has 2 aromatic carbocycles. The number of aromatic nitrogens is 2. The third kappa shape index (κ3) is 5.40. The normalized spacial score (nSPS) is 17.5. The highest BCUT2D eigenvalue weighted by Gasteiger charge is 2.30. The molecule has 5 heteroatoms. The quantitative estimate of drug-likeness (QED) is 0.279. The van der Waals surface area contributed by atoms with E-state index in [-0.39, 0.29) is 23.9 Å². The van der Waals surface area contributed by atoms with Crippen molar-refractivity contribution in [3.8, 4) is 22.5 Å². The molecule has 2 aliphatic rings. The summed E-state index contributed by atoms with van der Waals surface area (Å²) in [4.78, 5) is 36.3. The van der Waals surface area contributed by atoms with E-state index in [1.54, 1.807) is 0 Å². The number of ketones is 2. The largest absolute Gasteiger partial charge is 0.355 e. The van der Waals surface area contributed by atoms with Crippen molar-refractivity contribution in [1.82, 2.24) is 9.97 Å². The zero-order valence-electron chi connectivity index (χ0n) is 21.4.